The van der Waals surface area contributed by atoms with Crippen LogP contribution in [-0.2, 0) is 9.59 Å². The molecule has 13 heavy (non-hydrogen) atoms. The first-order chi connectivity index (χ1) is 5.98. The molecule has 0 amide bonds. The molecule has 0 aromatic carbocycles. The number of hydrogen-bond donors (Lipinski definition) is 3. The Bertz CT molecular complexity index is 290. The number of aliphatic carboxylic acids is 2. The molecule has 2 aliphatic rings. The van der Waals surface area contributed by atoms with Gasteiger partial charge in [-0.25, -0.2) is 0 Å². The summed E-state index contributed by atoms with van der Waals surface area (Å²) >= 11 is 0. The molecule has 4 atom stereocenters. The van der Waals surface area contributed by atoms with Crippen LogP contribution in [0.25, 0.3) is 0 Å². The van der Waals surface area contributed by atoms with Crippen LogP contribution in [0.5, 0.6) is 0 Å². The lowest BCUT2D eigenvalue weighted by atomic mass is 9.92. The number of carbonyl (C=O) groups is 2. The first-order valence-electron chi connectivity index (χ1n) is 4.23. The van der Waals surface area contributed by atoms with Crippen LogP contribution in [0, 0.1) is 17.8 Å². The average molecular weight is 185 g/mol. The van der Waals surface area contributed by atoms with Gasteiger partial charge in [0.05, 0.1) is 5.92 Å². The summed E-state index contributed by atoms with van der Waals surface area (Å²) in [6.07, 6.45) is 1.03. The lowest BCUT2D eigenvalue weighted by Crippen LogP contribution is -2.49. The minimum atomic E-state index is -1.28. The summed E-state index contributed by atoms with van der Waals surface area (Å²) in [4.78, 5) is 21.4. The summed E-state index contributed by atoms with van der Waals surface area (Å²) in [6, 6.07) is 0. The van der Waals surface area contributed by atoms with Gasteiger partial charge in [0, 0.05) is 5.92 Å². The summed E-state index contributed by atoms with van der Waals surface area (Å²) < 4.78 is 0. The van der Waals surface area contributed by atoms with E-state index in [2.05, 4.69) is 0 Å². The van der Waals surface area contributed by atoms with Gasteiger partial charge in [0.25, 0.3) is 0 Å². The van der Waals surface area contributed by atoms with E-state index in [0.717, 1.165) is 0 Å². The van der Waals surface area contributed by atoms with Crippen molar-refractivity contribution < 1.29 is 19.8 Å². The monoisotopic (exact) mass is 185 g/mol. The Morgan fingerprint density at radius 2 is 2.00 bits per heavy atom. The maximum absolute atomic E-state index is 10.8. The molecule has 0 saturated heterocycles. The maximum atomic E-state index is 10.8. The first kappa shape index (κ1) is 8.50. The minimum absolute atomic E-state index is 0.00130. The van der Waals surface area contributed by atoms with Crippen molar-refractivity contribution in [1.82, 2.24) is 0 Å². The van der Waals surface area contributed by atoms with Crippen LogP contribution in [0.2, 0.25) is 0 Å². The Morgan fingerprint density at radius 3 is 2.38 bits per heavy atom. The van der Waals surface area contributed by atoms with Crippen LogP contribution in [0.4, 0.5) is 0 Å². The molecule has 72 valence electrons. The molecule has 0 bridgehead atoms. The second-order valence-electron chi connectivity index (χ2n) is 3.94. The van der Waals surface area contributed by atoms with Crippen LogP contribution in [-0.4, -0.2) is 27.7 Å². The second kappa shape index (κ2) is 2.23. The fraction of sp³-hybridized carbons (Fsp3) is 0.750. The Hall–Kier alpha value is -1.10. The predicted octanol–water partition coefficient (Wildman–Crippen LogP) is -0.491. The molecular formula is C8H11NO4. The number of fused-ring (bicyclic) bond motifs is 1. The van der Waals surface area contributed by atoms with Gasteiger partial charge < -0.3 is 15.9 Å². The van der Waals surface area contributed by atoms with Gasteiger partial charge >= 0.3 is 11.9 Å². The maximum Gasteiger partial charge on any atom is 0.324 e. The summed E-state index contributed by atoms with van der Waals surface area (Å²) in [5.41, 5.74) is 4.37. The average Bonchev–Trinajstić information content (AvgIpc) is 2.66. The van der Waals surface area contributed by atoms with E-state index in [1.165, 1.54) is 0 Å². The molecule has 0 aliphatic heterocycles. The number of carboxylic acids is 2. The van der Waals surface area contributed by atoms with Crippen molar-refractivity contribution in [2.75, 3.05) is 0 Å². The third kappa shape index (κ3) is 0.904. The van der Waals surface area contributed by atoms with Crippen molar-refractivity contribution in [3.05, 3.63) is 0 Å². The molecule has 0 heterocycles. The Balaban J connectivity index is 2.20. The zero-order valence-electron chi connectivity index (χ0n) is 6.93. The van der Waals surface area contributed by atoms with E-state index in [1.54, 1.807) is 0 Å². The van der Waals surface area contributed by atoms with Crippen LogP contribution in [0.3, 0.4) is 0 Å². The summed E-state index contributed by atoms with van der Waals surface area (Å²) in [6.45, 7) is 0. The Kier molecular flexibility index (Phi) is 1.46. The molecule has 2 saturated carbocycles. The number of hydrogen-bond acceptors (Lipinski definition) is 3. The van der Waals surface area contributed by atoms with E-state index in [-0.39, 0.29) is 11.8 Å². The van der Waals surface area contributed by atoms with Gasteiger partial charge in [-0.2, -0.15) is 0 Å². The van der Waals surface area contributed by atoms with Gasteiger partial charge in [-0.15, -0.1) is 0 Å². The van der Waals surface area contributed by atoms with Crippen LogP contribution < -0.4 is 5.73 Å². The molecule has 0 aromatic heterocycles. The van der Waals surface area contributed by atoms with Crippen molar-refractivity contribution >= 4 is 11.9 Å². The van der Waals surface area contributed by atoms with E-state index in [1.807, 2.05) is 0 Å². The normalized spacial score (nSPS) is 47.0. The highest BCUT2D eigenvalue weighted by molar-refractivity contribution is 5.85. The number of nitrogens with two attached hydrogens (primary N) is 1. The third-order valence-corrected chi connectivity index (χ3v) is 3.34. The summed E-state index contributed by atoms with van der Waals surface area (Å²) in [7, 11) is 0. The van der Waals surface area contributed by atoms with Crippen molar-refractivity contribution in [2.45, 2.75) is 18.4 Å². The number of carboxylic acid groups (broad SMARTS) is 2. The quantitative estimate of drug-likeness (QED) is 0.539. The summed E-state index contributed by atoms with van der Waals surface area (Å²) in [5, 5.41) is 17.6. The fourth-order valence-corrected chi connectivity index (χ4v) is 2.59. The molecule has 5 nitrogen and oxygen atoms in total. The zero-order valence-corrected chi connectivity index (χ0v) is 6.93. The van der Waals surface area contributed by atoms with Crippen molar-refractivity contribution in [3.8, 4) is 0 Å². The topological polar surface area (TPSA) is 101 Å². The molecule has 1 unspecified atom stereocenters. The van der Waals surface area contributed by atoms with Gasteiger partial charge in [0.15, 0.2) is 0 Å². The molecule has 4 N–H and O–H groups in total. The molecule has 0 spiro atoms. The predicted molar refractivity (Wildman–Crippen MR) is 41.9 cm³/mol. The SMILES string of the molecule is N[C@@]1(C(=O)O)CC[C@H]2C1[C@H]2C(=O)O. The van der Waals surface area contributed by atoms with Crippen molar-refractivity contribution in [2.24, 2.45) is 23.5 Å². The molecule has 2 rings (SSSR count). The van der Waals surface area contributed by atoms with E-state index >= 15 is 0 Å². The lowest BCUT2D eigenvalue weighted by molar-refractivity contribution is -0.145. The first-order valence-corrected chi connectivity index (χ1v) is 4.23. The second-order valence-corrected chi connectivity index (χ2v) is 3.94. The minimum Gasteiger partial charge on any atom is -0.481 e. The smallest absolute Gasteiger partial charge is 0.324 e. The van der Waals surface area contributed by atoms with Crippen LogP contribution >= 0.6 is 0 Å². The highest BCUT2D eigenvalue weighted by atomic mass is 16.4. The summed E-state index contributed by atoms with van der Waals surface area (Å²) in [5.74, 6) is -2.84. The van der Waals surface area contributed by atoms with Gasteiger partial charge in [0.2, 0.25) is 0 Å². The Morgan fingerprint density at radius 1 is 1.38 bits per heavy atom. The van der Waals surface area contributed by atoms with Gasteiger partial charge in [-0.05, 0) is 18.8 Å². The van der Waals surface area contributed by atoms with E-state index in [4.69, 9.17) is 15.9 Å². The third-order valence-electron chi connectivity index (χ3n) is 3.34. The molecule has 0 aromatic rings. The van der Waals surface area contributed by atoms with Crippen LogP contribution in [0.1, 0.15) is 12.8 Å². The molecule has 2 aliphatic carbocycles. The van der Waals surface area contributed by atoms with Crippen molar-refractivity contribution in [1.29, 1.82) is 0 Å². The van der Waals surface area contributed by atoms with Crippen LogP contribution in [0.15, 0.2) is 0 Å². The van der Waals surface area contributed by atoms with Gasteiger partial charge in [-0.3, -0.25) is 9.59 Å². The lowest BCUT2D eigenvalue weighted by Gasteiger charge is -2.20. The van der Waals surface area contributed by atoms with E-state index in [9.17, 15) is 9.59 Å². The molecule has 0 radical (unpaired) electrons. The fourth-order valence-electron chi connectivity index (χ4n) is 2.59. The largest absolute Gasteiger partial charge is 0.481 e. The molecular weight excluding hydrogens is 174 g/mol. The number of rotatable bonds is 2. The van der Waals surface area contributed by atoms with Gasteiger partial charge in [0.1, 0.15) is 5.54 Å². The standard InChI is InChI=1S/C8H11NO4/c9-8(7(12)13)2-1-3-4(5(3)8)6(10)11/h3-5H,1-2,9H2,(H,10,11)(H,12,13)/t3-,4+,5?,8+/m1/s1. The molecule has 2 fully saturated rings. The zero-order chi connectivity index (χ0) is 9.80. The van der Waals surface area contributed by atoms with Gasteiger partial charge in [-0.1, -0.05) is 0 Å². The van der Waals surface area contributed by atoms with E-state index < -0.39 is 23.4 Å². The molecule has 5 heteroatoms. The van der Waals surface area contributed by atoms with Crippen molar-refractivity contribution in [3.63, 3.8) is 0 Å². The van der Waals surface area contributed by atoms with E-state index in [0.29, 0.717) is 12.8 Å². The Labute approximate surface area is 74.5 Å². The highest BCUT2D eigenvalue weighted by Gasteiger charge is 2.69. The highest BCUT2D eigenvalue weighted by Crippen LogP contribution is 2.61.